The van der Waals surface area contributed by atoms with Gasteiger partial charge in [0, 0.05) is 54.7 Å². The van der Waals surface area contributed by atoms with Gasteiger partial charge in [-0.1, -0.05) is 38.1 Å². The van der Waals surface area contributed by atoms with Crippen LogP contribution in [-0.4, -0.2) is 73.5 Å². The van der Waals surface area contributed by atoms with Crippen LogP contribution in [0.4, 0.5) is 0 Å². The highest BCUT2D eigenvalue weighted by Crippen LogP contribution is 2.23. The van der Waals surface area contributed by atoms with Gasteiger partial charge in [-0.2, -0.15) is 0 Å². The second-order valence-electron chi connectivity index (χ2n) is 9.62. The maximum Gasteiger partial charge on any atom is 0.500 e. The molecular formula is C28H46O8Si2. The first kappa shape index (κ1) is 32.4. The molecule has 0 bridgehead atoms. The van der Waals surface area contributed by atoms with Crippen molar-refractivity contribution in [3.05, 3.63) is 59.7 Å². The molecule has 0 fully saturated rings. The third-order valence-corrected chi connectivity index (χ3v) is 12.8. The quantitative estimate of drug-likeness (QED) is 0.213. The van der Waals surface area contributed by atoms with Gasteiger partial charge in [-0.25, -0.2) is 0 Å². The fourth-order valence-electron chi connectivity index (χ4n) is 4.24. The van der Waals surface area contributed by atoms with Gasteiger partial charge in [0.25, 0.3) is 0 Å². The molecule has 0 amide bonds. The van der Waals surface area contributed by atoms with Crippen LogP contribution in [0, 0.1) is 11.8 Å². The number of ether oxygens (including phenoxy) is 2. The van der Waals surface area contributed by atoms with E-state index in [1.54, 1.807) is 42.7 Å². The number of rotatable bonds is 19. The largest absolute Gasteiger partial charge is 0.500 e. The van der Waals surface area contributed by atoms with E-state index in [-0.39, 0.29) is 11.8 Å². The average Bonchev–Trinajstić information content (AvgIpc) is 2.96. The molecule has 0 radical (unpaired) electrons. The van der Waals surface area contributed by atoms with Gasteiger partial charge >= 0.3 is 17.6 Å². The number of hydrogen-bond acceptors (Lipinski definition) is 8. The molecule has 2 aromatic carbocycles. The maximum absolute atomic E-state index is 5.99. The molecule has 0 N–H and O–H groups in total. The maximum atomic E-state index is 5.99. The molecule has 0 spiro atoms. The molecule has 8 nitrogen and oxygen atoms in total. The van der Waals surface area contributed by atoms with Crippen molar-refractivity contribution < 1.29 is 36.0 Å². The minimum Gasteiger partial charge on any atom is -0.493 e. The topological polar surface area (TPSA) is 73.8 Å². The Morgan fingerprint density at radius 1 is 0.500 bits per heavy atom. The van der Waals surface area contributed by atoms with Crippen LogP contribution in [0.3, 0.4) is 0 Å². The Balaban J connectivity index is 1.76. The van der Waals surface area contributed by atoms with Gasteiger partial charge in [0.2, 0.25) is 0 Å². The van der Waals surface area contributed by atoms with Crippen LogP contribution >= 0.6 is 0 Å². The van der Waals surface area contributed by atoms with Crippen molar-refractivity contribution in [1.29, 1.82) is 0 Å². The Labute approximate surface area is 231 Å². The van der Waals surface area contributed by atoms with Crippen molar-refractivity contribution in [2.45, 2.75) is 38.8 Å². The molecule has 10 heteroatoms. The lowest BCUT2D eigenvalue weighted by Gasteiger charge is -2.27. The lowest BCUT2D eigenvalue weighted by Crippen LogP contribution is -2.44. The SMILES string of the molecule is CO[Si](CC(C)COc1ccc(CCc2ccc(OCC(C)C[Si](OC)(OC)OC)cc2)cc1)(OC)OC. The predicted octanol–water partition coefficient (Wildman–Crippen LogP) is 5.26. The van der Waals surface area contributed by atoms with Crippen molar-refractivity contribution in [3.8, 4) is 11.5 Å². The van der Waals surface area contributed by atoms with E-state index < -0.39 is 17.6 Å². The van der Waals surface area contributed by atoms with E-state index in [0.29, 0.717) is 25.3 Å². The van der Waals surface area contributed by atoms with Crippen molar-refractivity contribution in [2.24, 2.45) is 11.8 Å². The molecule has 214 valence electrons. The first-order valence-corrected chi connectivity index (χ1v) is 16.9. The van der Waals surface area contributed by atoms with Gasteiger partial charge in [0.05, 0.1) is 13.2 Å². The van der Waals surface area contributed by atoms with E-state index in [2.05, 4.69) is 38.1 Å². The summed E-state index contributed by atoms with van der Waals surface area (Å²) in [4.78, 5) is 0. The molecule has 2 aromatic rings. The molecule has 0 aliphatic rings. The van der Waals surface area contributed by atoms with Crippen molar-refractivity contribution >= 4 is 17.6 Å². The highest BCUT2D eigenvalue weighted by atomic mass is 28.4. The molecule has 0 heterocycles. The molecule has 0 saturated carbocycles. The summed E-state index contributed by atoms with van der Waals surface area (Å²) in [5.41, 5.74) is 2.54. The van der Waals surface area contributed by atoms with Crippen LogP contribution in [0.1, 0.15) is 25.0 Å². The van der Waals surface area contributed by atoms with Gasteiger partial charge in [0.1, 0.15) is 11.5 Å². The predicted molar refractivity (Wildman–Crippen MR) is 153 cm³/mol. The average molecular weight is 567 g/mol. The van der Waals surface area contributed by atoms with Crippen molar-refractivity contribution in [1.82, 2.24) is 0 Å². The molecular weight excluding hydrogens is 520 g/mol. The summed E-state index contributed by atoms with van der Waals surface area (Å²) >= 11 is 0. The molecule has 0 aliphatic carbocycles. The lowest BCUT2D eigenvalue weighted by atomic mass is 10.0. The zero-order valence-corrected chi connectivity index (χ0v) is 26.3. The number of aryl methyl sites for hydroxylation is 2. The van der Waals surface area contributed by atoms with Crippen LogP contribution in [0.2, 0.25) is 12.1 Å². The van der Waals surface area contributed by atoms with E-state index in [1.807, 2.05) is 24.3 Å². The van der Waals surface area contributed by atoms with Crippen LogP contribution < -0.4 is 9.47 Å². The van der Waals surface area contributed by atoms with E-state index in [9.17, 15) is 0 Å². The van der Waals surface area contributed by atoms with Gasteiger partial charge in [-0.15, -0.1) is 0 Å². The van der Waals surface area contributed by atoms with Crippen LogP contribution in [-0.2, 0) is 39.4 Å². The minimum atomic E-state index is -2.60. The summed E-state index contributed by atoms with van der Waals surface area (Å²) in [6.45, 7) is 5.37. The number of hydrogen-bond donors (Lipinski definition) is 0. The van der Waals surface area contributed by atoms with Crippen LogP contribution in [0.25, 0.3) is 0 Å². The molecule has 2 atom stereocenters. The molecule has 2 rings (SSSR count). The monoisotopic (exact) mass is 566 g/mol. The summed E-state index contributed by atoms with van der Waals surface area (Å²) in [6.07, 6.45) is 1.91. The first-order chi connectivity index (χ1) is 18.3. The zero-order chi connectivity index (χ0) is 28.0. The van der Waals surface area contributed by atoms with Crippen LogP contribution in [0.5, 0.6) is 11.5 Å². The second kappa shape index (κ2) is 16.4. The Kier molecular flexibility index (Phi) is 14.0. The Bertz CT molecular complexity index is 810. The van der Waals surface area contributed by atoms with E-state index in [1.165, 1.54) is 11.1 Å². The molecule has 0 aliphatic heterocycles. The van der Waals surface area contributed by atoms with Gasteiger partial charge in [-0.05, 0) is 60.1 Å². The molecule has 2 unspecified atom stereocenters. The summed E-state index contributed by atoms with van der Waals surface area (Å²) in [5, 5.41) is 0. The molecule has 0 aromatic heterocycles. The first-order valence-electron chi connectivity index (χ1n) is 13.0. The minimum absolute atomic E-state index is 0.243. The van der Waals surface area contributed by atoms with Gasteiger partial charge in [0.15, 0.2) is 0 Å². The molecule has 38 heavy (non-hydrogen) atoms. The standard InChI is InChI=1S/C28H46O8Si2/c1-23(21-37(29-3,30-4)31-5)19-35-27-15-11-25(12-16-27)9-10-26-13-17-28(18-14-26)36-20-24(2)22-38(32-6,33-7)34-8/h11-18,23-24H,9-10,19-22H2,1-8H3. The second-order valence-corrected chi connectivity index (χ2v) is 15.6. The van der Waals surface area contributed by atoms with E-state index >= 15 is 0 Å². The fraction of sp³-hybridized carbons (Fsp3) is 0.571. The van der Waals surface area contributed by atoms with Gasteiger partial charge < -0.3 is 36.0 Å². The fourth-order valence-corrected chi connectivity index (χ4v) is 8.18. The third kappa shape index (κ3) is 10.1. The Morgan fingerprint density at radius 2 is 0.789 bits per heavy atom. The summed E-state index contributed by atoms with van der Waals surface area (Å²) < 4.78 is 45.1. The lowest BCUT2D eigenvalue weighted by molar-refractivity contribution is 0.114. The van der Waals surface area contributed by atoms with E-state index in [4.69, 9.17) is 36.0 Å². The van der Waals surface area contributed by atoms with Gasteiger partial charge in [-0.3, -0.25) is 0 Å². The Morgan fingerprint density at radius 3 is 1.05 bits per heavy atom. The Hall–Kier alpha value is -1.77. The number of benzene rings is 2. The summed E-state index contributed by atoms with van der Waals surface area (Å²) in [7, 11) is 4.61. The third-order valence-electron chi connectivity index (χ3n) is 6.68. The molecule has 0 saturated heterocycles. The smallest absolute Gasteiger partial charge is 0.493 e. The zero-order valence-electron chi connectivity index (χ0n) is 24.3. The van der Waals surface area contributed by atoms with E-state index in [0.717, 1.165) is 24.3 Å². The highest BCUT2D eigenvalue weighted by Gasteiger charge is 2.40. The van der Waals surface area contributed by atoms with Crippen LogP contribution in [0.15, 0.2) is 48.5 Å². The highest BCUT2D eigenvalue weighted by molar-refractivity contribution is 6.61. The van der Waals surface area contributed by atoms with Crippen molar-refractivity contribution in [3.63, 3.8) is 0 Å². The summed E-state index contributed by atoms with van der Waals surface area (Å²) in [6, 6.07) is 18.0. The van der Waals surface area contributed by atoms with Crippen molar-refractivity contribution in [2.75, 3.05) is 55.9 Å². The normalized spacial score (nSPS) is 13.8. The summed E-state index contributed by atoms with van der Waals surface area (Å²) in [5.74, 6) is 2.20.